The van der Waals surface area contributed by atoms with Crippen molar-refractivity contribution >= 4 is 5.91 Å². The van der Waals surface area contributed by atoms with E-state index in [1.165, 1.54) is 0 Å². The SMILES string of the molecule is CCC(C)C(=O)NC1CCCC1N. The van der Waals surface area contributed by atoms with Gasteiger partial charge in [0.2, 0.25) is 5.91 Å². The minimum Gasteiger partial charge on any atom is -0.352 e. The van der Waals surface area contributed by atoms with Crippen molar-refractivity contribution in [1.29, 1.82) is 0 Å². The third-order valence-electron chi connectivity index (χ3n) is 2.96. The van der Waals surface area contributed by atoms with Crippen LogP contribution in [-0.4, -0.2) is 18.0 Å². The molecule has 1 aliphatic carbocycles. The van der Waals surface area contributed by atoms with Crippen LogP contribution in [-0.2, 0) is 4.79 Å². The molecule has 0 aromatic heterocycles. The Balaban J connectivity index is 2.35. The molecule has 13 heavy (non-hydrogen) atoms. The van der Waals surface area contributed by atoms with E-state index in [0.717, 1.165) is 25.7 Å². The van der Waals surface area contributed by atoms with Crippen molar-refractivity contribution in [3.63, 3.8) is 0 Å². The summed E-state index contributed by atoms with van der Waals surface area (Å²) in [6.45, 7) is 3.98. The average Bonchev–Trinajstić information content (AvgIpc) is 2.50. The lowest BCUT2D eigenvalue weighted by atomic mass is 10.1. The standard InChI is InChI=1S/C10H20N2O/c1-3-7(2)10(13)12-9-6-4-5-8(9)11/h7-9H,3-6,11H2,1-2H3,(H,12,13). The van der Waals surface area contributed by atoms with Crippen LogP contribution < -0.4 is 11.1 Å². The molecule has 76 valence electrons. The van der Waals surface area contributed by atoms with E-state index in [0.29, 0.717) is 0 Å². The largest absolute Gasteiger partial charge is 0.352 e. The van der Waals surface area contributed by atoms with Gasteiger partial charge < -0.3 is 11.1 Å². The number of amides is 1. The zero-order valence-corrected chi connectivity index (χ0v) is 8.55. The van der Waals surface area contributed by atoms with Gasteiger partial charge in [-0.2, -0.15) is 0 Å². The second-order valence-electron chi connectivity index (χ2n) is 4.02. The van der Waals surface area contributed by atoms with Gasteiger partial charge in [0.15, 0.2) is 0 Å². The van der Waals surface area contributed by atoms with Crippen molar-refractivity contribution in [1.82, 2.24) is 5.32 Å². The predicted molar refractivity (Wildman–Crippen MR) is 53.2 cm³/mol. The van der Waals surface area contributed by atoms with Crippen LogP contribution in [0.3, 0.4) is 0 Å². The molecule has 1 rings (SSSR count). The molecule has 0 radical (unpaired) electrons. The first-order valence-corrected chi connectivity index (χ1v) is 5.21. The summed E-state index contributed by atoms with van der Waals surface area (Å²) in [6.07, 6.45) is 4.13. The normalized spacial score (nSPS) is 30.1. The molecule has 0 bridgehead atoms. The zero-order valence-electron chi connectivity index (χ0n) is 8.55. The van der Waals surface area contributed by atoms with Gasteiger partial charge in [-0.15, -0.1) is 0 Å². The van der Waals surface area contributed by atoms with E-state index in [1.807, 2.05) is 13.8 Å². The van der Waals surface area contributed by atoms with E-state index in [-0.39, 0.29) is 23.9 Å². The molecule has 0 heterocycles. The fourth-order valence-electron chi connectivity index (χ4n) is 1.68. The molecule has 0 saturated heterocycles. The number of rotatable bonds is 3. The maximum atomic E-state index is 11.5. The van der Waals surface area contributed by atoms with Gasteiger partial charge in [0.25, 0.3) is 0 Å². The van der Waals surface area contributed by atoms with Crippen LogP contribution >= 0.6 is 0 Å². The first-order chi connectivity index (χ1) is 6.15. The van der Waals surface area contributed by atoms with E-state index in [9.17, 15) is 4.79 Å². The highest BCUT2D eigenvalue weighted by Gasteiger charge is 2.26. The van der Waals surface area contributed by atoms with Crippen LogP contribution in [0.25, 0.3) is 0 Å². The lowest BCUT2D eigenvalue weighted by Crippen LogP contribution is -2.45. The predicted octanol–water partition coefficient (Wildman–Crippen LogP) is 1.03. The molecule has 1 aliphatic rings. The summed E-state index contributed by atoms with van der Waals surface area (Å²) < 4.78 is 0. The van der Waals surface area contributed by atoms with Gasteiger partial charge >= 0.3 is 0 Å². The Morgan fingerprint density at radius 3 is 2.77 bits per heavy atom. The van der Waals surface area contributed by atoms with Crippen molar-refractivity contribution in [2.24, 2.45) is 11.7 Å². The van der Waals surface area contributed by atoms with Gasteiger partial charge in [-0.25, -0.2) is 0 Å². The third-order valence-corrected chi connectivity index (χ3v) is 2.96. The van der Waals surface area contributed by atoms with Gasteiger partial charge in [-0.1, -0.05) is 13.8 Å². The Bertz CT molecular complexity index is 182. The molecule has 1 amide bonds. The summed E-state index contributed by atoms with van der Waals surface area (Å²) >= 11 is 0. The van der Waals surface area contributed by atoms with Crippen molar-refractivity contribution < 1.29 is 4.79 Å². The molecule has 1 fully saturated rings. The van der Waals surface area contributed by atoms with E-state index in [2.05, 4.69) is 5.32 Å². The Kier molecular flexibility index (Phi) is 3.72. The molecular formula is C10H20N2O. The number of nitrogens with one attached hydrogen (secondary N) is 1. The Morgan fingerprint density at radius 2 is 2.31 bits per heavy atom. The molecule has 1 saturated carbocycles. The van der Waals surface area contributed by atoms with Gasteiger partial charge in [0.05, 0.1) is 0 Å². The second kappa shape index (κ2) is 4.61. The summed E-state index contributed by atoms with van der Waals surface area (Å²) in [5.74, 6) is 0.276. The van der Waals surface area contributed by atoms with Crippen LogP contribution in [0.4, 0.5) is 0 Å². The molecule has 3 unspecified atom stereocenters. The van der Waals surface area contributed by atoms with Crippen LogP contribution in [0.2, 0.25) is 0 Å². The molecule has 3 heteroatoms. The summed E-state index contributed by atoms with van der Waals surface area (Å²) in [4.78, 5) is 11.5. The fraction of sp³-hybridized carbons (Fsp3) is 0.900. The van der Waals surface area contributed by atoms with Crippen LogP contribution in [0.15, 0.2) is 0 Å². The molecule has 3 atom stereocenters. The van der Waals surface area contributed by atoms with Crippen LogP contribution in [0, 0.1) is 5.92 Å². The Labute approximate surface area is 80.1 Å². The summed E-state index contributed by atoms with van der Waals surface area (Å²) in [5.41, 5.74) is 5.85. The van der Waals surface area contributed by atoms with Crippen molar-refractivity contribution in [2.45, 2.75) is 51.6 Å². The van der Waals surface area contributed by atoms with Crippen molar-refractivity contribution in [3.05, 3.63) is 0 Å². The van der Waals surface area contributed by atoms with Gasteiger partial charge in [0.1, 0.15) is 0 Å². The molecule has 3 N–H and O–H groups in total. The monoisotopic (exact) mass is 184 g/mol. The highest BCUT2D eigenvalue weighted by atomic mass is 16.1. The number of hydrogen-bond donors (Lipinski definition) is 2. The van der Waals surface area contributed by atoms with Crippen molar-refractivity contribution in [2.75, 3.05) is 0 Å². The van der Waals surface area contributed by atoms with E-state index in [1.54, 1.807) is 0 Å². The smallest absolute Gasteiger partial charge is 0.223 e. The fourth-order valence-corrected chi connectivity index (χ4v) is 1.68. The lowest BCUT2D eigenvalue weighted by Gasteiger charge is -2.19. The minimum absolute atomic E-state index is 0.118. The van der Waals surface area contributed by atoms with Gasteiger partial charge in [-0.3, -0.25) is 4.79 Å². The Morgan fingerprint density at radius 1 is 1.62 bits per heavy atom. The Hall–Kier alpha value is -0.570. The van der Waals surface area contributed by atoms with Gasteiger partial charge in [-0.05, 0) is 25.7 Å². The number of nitrogens with two attached hydrogens (primary N) is 1. The number of carbonyl (C=O) groups excluding carboxylic acids is 1. The summed E-state index contributed by atoms with van der Waals surface area (Å²) in [7, 11) is 0. The molecular weight excluding hydrogens is 164 g/mol. The third kappa shape index (κ3) is 2.69. The highest BCUT2D eigenvalue weighted by molar-refractivity contribution is 5.78. The van der Waals surface area contributed by atoms with Crippen molar-refractivity contribution in [3.8, 4) is 0 Å². The van der Waals surface area contributed by atoms with E-state index < -0.39 is 0 Å². The molecule has 3 nitrogen and oxygen atoms in total. The number of carbonyl (C=O) groups is 1. The lowest BCUT2D eigenvalue weighted by molar-refractivity contribution is -0.125. The van der Waals surface area contributed by atoms with E-state index in [4.69, 9.17) is 5.73 Å². The topological polar surface area (TPSA) is 55.1 Å². The van der Waals surface area contributed by atoms with Gasteiger partial charge in [0, 0.05) is 18.0 Å². The van der Waals surface area contributed by atoms with E-state index >= 15 is 0 Å². The zero-order chi connectivity index (χ0) is 9.84. The first-order valence-electron chi connectivity index (χ1n) is 5.21. The number of hydrogen-bond acceptors (Lipinski definition) is 2. The summed E-state index contributed by atoms with van der Waals surface area (Å²) in [6, 6.07) is 0.398. The maximum absolute atomic E-state index is 11.5. The maximum Gasteiger partial charge on any atom is 0.223 e. The second-order valence-corrected chi connectivity index (χ2v) is 4.02. The summed E-state index contributed by atoms with van der Waals surface area (Å²) in [5, 5.41) is 3.02. The van der Waals surface area contributed by atoms with Crippen LogP contribution in [0.1, 0.15) is 39.5 Å². The molecule has 0 aliphatic heterocycles. The minimum atomic E-state index is 0.118. The van der Waals surface area contributed by atoms with Crippen LogP contribution in [0.5, 0.6) is 0 Å². The highest BCUT2D eigenvalue weighted by Crippen LogP contribution is 2.17. The first kappa shape index (κ1) is 10.5. The molecule has 0 spiro atoms. The quantitative estimate of drug-likeness (QED) is 0.688. The molecule has 0 aromatic carbocycles. The molecule has 0 aromatic rings. The average molecular weight is 184 g/mol.